The molecule has 0 bridgehead atoms. The monoisotopic (exact) mass is 379 g/mol. The van der Waals surface area contributed by atoms with Gasteiger partial charge in [0.25, 0.3) is 0 Å². The quantitative estimate of drug-likeness (QED) is 0.359. The Bertz CT molecular complexity index is 516. The van der Waals surface area contributed by atoms with Gasteiger partial charge in [0.2, 0.25) is 5.72 Å². The first-order chi connectivity index (χ1) is 11.7. The van der Waals surface area contributed by atoms with Gasteiger partial charge in [0.15, 0.2) is 5.79 Å². The molecule has 0 aliphatic carbocycles. The molecule has 0 spiro atoms. The number of hydrogen-bond acceptors (Lipinski definition) is 9. The highest BCUT2D eigenvalue weighted by Gasteiger charge is 2.56. The number of carbonyl (C=O) groups excluding carboxylic acids is 2. The van der Waals surface area contributed by atoms with Gasteiger partial charge in [-0.1, -0.05) is 0 Å². The third-order valence-electron chi connectivity index (χ3n) is 3.38. The van der Waals surface area contributed by atoms with Crippen molar-refractivity contribution in [1.29, 1.82) is 0 Å². The minimum absolute atomic E-state index is 0.670. The molecule has 0 aromatic carbocycles. The lowest BCUT2D eigenvalue weighted by Gasteiger charge is -2.36. The second kappa shape index (κ2) is 8.05. The molecule has 4 atom stereocenters. The molecule has 1 aliphatic heterocycles. The molecule has 1 heterocycles. The van der Waals surface area contributed by atoms with Crippen LogP contribution in [0.2, 0.25) is 0 Å². The molecular formula is C16H29NO9. The van der Waals surface area contributed by atoms with E-state index in [2.05, 4.69) is 5.32 Å². The number of amides is 1. The summed E-state index contributed by atoms with van der Waals surface area (Å²) in [5, 5.41) is 32.4. The van der Waals surface area contributed by atoms with E-state index in [1.165, 1.54) is 13.8 Å². The van der Waals surface area contributed by atoms with Crippen LogP contribution in [0.1, 0.15) is 41.5 Å². The van der Waals surface area contributed by atoms with Crippen molar-refractivity contribution in [1.82, 2.24) is 5.32 Å². The number of esters is 1. The molecule has 10 heteroatoms. The fourth-order valence-corrected chi connectivity index (χ4v) is 2.42. The Labute approximate surface area is 152 Å². The van der Waals surface area contributed by atoms with E-state index in [1.807, 2.05) is 0 Å². The molecule has 1 amide bonds. The van der Waals surface area contributed by atoms with Crippen LogP contribution in [0, 0.1) is 0 Å². The summed E-state index contributed by atoms with van der Waals surface area (Å²) in [5.41, 5.74) is -3.12. The number of nitrogens with one attached hydrogen (secondary N) is 1. The zero-order chi connectivity index (χ0) is 20.3. The van der Waals surface area contributed by atoms with Crippen molar-refractivity contribution in [3.8, 4) is 0 Å². The zero-order valence-corrected chi connectivity index (χ0v) is 15.9. The van der Waals surface area contributed by atoms with Crippen molar-refractivity contribution in [3.63, 3.8) is 0 Å². The van der Waals surface area contributed by atoms with Gasteiger partial charge in [-0.3, -0.25) is 10.1 Å². The van der Waals surface area contributed by atoms with Gasteiger partial charge < -0.3 is 34.3 Å². The predicted molar refractivity (Wildman–Crippen MR) is 87.9 cm³/mol. The van der Waals surface area contributed by atoms with E-state index in [9.17, 15) is 24.9 Å². The van der Waals surface area contributed by atoms with Crippen molar-refractivity contribution in [2.45, 2.75) is 77.0 Å². The Morgan fingerprint density at radius 2 is 1.85 bits per heavy atom. The maximum absolute atomic E-state index is 12.1. The SMILES string of the molecule is CC(=O)OC[C@](O)(NC(=O)OC(C)(C)C)[C@H]1OC(C)(C)O[C@@H]1[C@H](O)CO. The second-order valence-corrected chi connectivity index (χ2v) is 7.60. The largest absolute Gasteiger partial charge is 0.461 e. The first kappa shape index (κ1) is 22.6. The minimum Gasteiger partial charge on any atom is -0.461 e. The maximum Gasteiger partial charge on any atom is 0.410 e. The van der Waals surface area contributed by atoms with Crippen LogP contribution >= 0.6 is 0 Å². The van der Waals surface area contributed by atoms with Crippen LogP contribution < -0.4 is 5.32 Å². The Hall–Kier alpha value is -1.46. The van der Waals surface area contributed by atoms with Crippen LogP contribution in [0.5, 0.6) is 0 Å². The Morgan fingerprint density at radius 1 is 1.27 bits per heavy atom. The average Bonchev–Trinajstić information content (AvgIpc) is 2.79. The summed E-state index contributed by atoms with van der Waals surface area (Å²) in [6.45, 7) is 7.74. The van der Waals surface area contributed by atoms with Gasteiger partial charge >= 0.3 is 12.1 Å². The molecule has 0 radical (unpaired) electrons. The number of aliphatic hydroxyl groups is 3. The van der Waals surface area contributed by atoms with Crippen molar-refractivity contribution >= 4 is 12.1 Å². The average molecular weight is 379 g/mol. The van der Waals surface area contributed by atoms with Gasteiger partial charge in [0.05, 0.1) is 6.61 Å². The van der Waals surface area contributed by atoms with Gasteiger partial charge in [-0.05, 0) is 34.6 Å². The number of hydrogen-bond donors (Lipinski definition) is 4. The van der Waals surface area contributed by atoms with E-state index in [0.29, 0.717) is 0 Å². The van der Waals surface area contributed by atoms with E-state index in [1.54, 1.807) is 20.8 Å². The molecule has 1 aliphatic rings. The molecule has 0 aromatic rings. The number of aliphatic hydroxyl groups excluding tert-OH is 2. The predicted octanol–water partition coefficient (Wildman–Crippen LogP) is -0.364. The van der Waals surface area contributed by atoms with Gasteiger partial charge in [0, 0.05) is 6.92 Å². The van der Waals surface area contributed by atoms with E-state index >= 15 is 0 Å². The van der Waals surface area contributed by atoms with E-state index < -0.39 is 60.7 Å². The third-order valence-corrected chi connectivity index (χ3v) is 3.38. The molecule has 4 N–H and O–H groups in total. The summed E-state index contributed by atoms with van der Waals surface area (Å²) in [6, 6.07) is 0. The molecule has 0 aromatic heterocycles. The first-order valence-electron chi connectivity index (χ1n) is 8.20. The fraction of sp³-hybridized carbons (Fsp3) is 0.875. The van der Waals surface area contributed by atoms with E-state index in [-0.39, 0.29) is 0 Å². The van der Waals surface area contributed by atoms with E-state index in [4.69, 9.17) is 18.9 Å². The molecule has 1 rings (SSSR count). The molecule has 10 nitrogen and oxygen atoms in total. The van der Waals surface area contributed by atoms with Crippen LogP contribution in [0.15, 0.2) is 0 Å². The Morgan fingerprint density at radius 3 is 2.31 bits per heavy atom. The number of carbonyl (C=O) groups is 2. The summed E-state index contributed by atoms with van der Waals surface area (Å²) in [5.74, 6) is -1.93. The van der Waals surface area contributed by atoms with Gasteiger partial charge in [-0.25, -0.2) is 4.79 Å². The first-order valence-corrected chi connectivity index (χ1v) is 8.20. The second-order valence-electron chi connectivity index (χ2n) is 7.60. The highest BCUT2D eigenvalue weighted by molar-refractivity contribution is 5.69. The number of ether oxygens (including phenoxy) is 4. The van der Waals surface area contributed by atoms with Crippen molar-refractivity contribution < 1.29 is 43.9 Å². The van der Waals surface area contributed by atoms with Crippen LogP contribution in [0.4, 0.5) is 4.79 Å². The minimum atomic E-state index is -2.28. The lowest BCUT2D eigenvalue weighted by atomic mass is 9.98. The van der Waals surface area contributed by atoms with Gasteiger partial charge in [0.1, 0.15) is 30.5 Å². The Balaban J connectivity index is 3.12. The van der Waals surface area contributed by atoms with Crippen molar-refractivity contribution in [2.24, 2.45) is 0 Å². The van der Waals surface area contributed by atoms with Gasteiger partial charge in [-0.2, -0.15) is 0 Å². The molecule has 1 fully saturated rings. The van der Waals surface area contributed by atoms with Crippen LogP contribution in [0.3, 0.4) is 0 Å². The smallest absolute Gasteiger partial charge is 0.410 e. The summed E-state index contributed by atoms with van der Waals surface area (Å²) < 4.78 is 21.1. The van der Waals surface area contributed by atoms with Crippen LogP contribution in [0.25, 0.3) is 0 Å². The van der Waals surface area contributed by atoms with Crippen molar-refractivity contribution in [2.75, 3.05) is 13.2 Å². The highest BCUT2D eigenvalue weighted by atomic mass is 16.8. The molecule has 152 valence electrons. The highest BCUT2D eigenvalue weighted by Crippen LogP contribution is 2.35. The normalized spacial score (nSPS) is 25.9. The van der Waals surface area contributed by atoms with E-state index in [0.717, 1.165) is 6.92 Å². The lowest BCUT2D eigenvalue weighted by molar-refractivity contribution is -0.192. The van der Waals surface area contributed by atoms with Crippen molar-refractivity contribution in [3.05, 3.63) is 0 Å². The number of alkyl carbamates (subject to hydrolysis) is 1. The lowest BCUT2D eigenvalue weighted by Crippen LogP contribution is -2.64. The molecule has 1 saturated heterocycles. The standard InChI is InChI=1S/C16H29NO9/c1-9(19)23-8-16(22,17-13(21)26-14(2,3)4)12-11(10(20)7-18)24-15(5,6)25-12/h10-12,18,20,22H,7-8H2,1-6H3,(H,17,21)/t10-,11-,12+,16-/m1/s1. The maximum atomic E-state index is 12.1. The fourth-order valence-electron chi connectivity index (χ4n) is 2.42. The van der Waals surface area contributed by atoms with Crippen LogP contribution in [-0.4, -0.2) is 76.0 Å². The summed E-state index contributed by atoms with van der Waals surface area (Å²) in [6.07, 6.45) is -4.96. The number of rotatable bonds is 6. The zero-order valence-electron chi connectivity index (χ0n) is 15.9. The molecule has 26 heavy (non-hydrogen) atoms. The topological polar surface area (TPSA) is 144 Å². The molecule has 0 unspecified atom stereocenters. The molecular weight excluding hydrogens is 350 g/mol. The summed E-state index contributed by atoms with van der Waals surface area (Å²) >= 11 is 0. The molecule has 0 saturated carbocycles. The van der Waals surface area contributed by atoms with Gasteiger partial charge in [-0.15, -0.1) is 0 Å². The Kier molecular flexibility index (Phi) is 6.99. The third kappa shape index (κ3) is 6.36. The summed E-state index contributed by atoms with van der Waals surface area (Å²) in [4.78, 5) is 23.3. The van der Waals surface area contributed by atoms with Crippen LogP contribution in [-0.2, 0) is 23.7 Å². The summed E-state index contributed by atoms with van der Waals surface area (Å²) in [7, 11) is 0.